The lowest BCUT2D eigenvalue weighted by Gasteiger charge is -2.35. The number of nitrogens with zero attached hydrogens (tertiary/aromatic N) is 6. The molecule has 1 aromatic heterocycles. The molecule has 0 aromatic carbocycles. The Bertz CT molecular complexity index is 694. The average molecular weight is 375 g/mol. The number of hydrogen-bond donors (Lipinski definition) is 1. The van der Waals surface area contributed by atoms with Crippen LogP contribution in [0, 0.1) is 0 Å². The number of amides is 2. The molecule has 0 spiro atoms. The van der Waals surface area contributed by atoms with Crippen LogP contribution in [0.5, 0.6) is 0 Å². The molecule has 3 heterocycles. The smallest absolute Gasteiger partial charge is 0.246 e. The first-order valence-electron chi connectivity index (χ1n) is 9.68. The second-order valence-electron chi connectivity index (χ2n) is 6.91. The van der Waals surface area contributed by atoms with Gasteiger partial charge >= 0.3 is 0 Å². The molecule has 1 aromatic rings. The monoisotopic (exact) mass is 375 g/mol. The Hall–Kier alpha value is -2.58. The summed E-state index contributed by atoms with van der Waals surface area (Å²) in [6.07, 6.45) is 6.16. The third-order valence-electron chi connectivity index (χ3n) is 4.90. The number of aryl methyl sites for hydroxylation is 1. The largest absolute Gasteiger partial charge is 0.357 e. The highest BCUT2D eigenvalue weighted by Gasteiger charge is 2.27. The standard InChI is InChI=1S/C18H29N7O2/c1-3-19-18(20-7-6-16(26)23-8-4-5-9-23)24-10-11-25(17(27)14-24)15-12-21-22(2)13-15/h12-13H,3-11,14H2,1-2H3,(H,19,20). The summed E-state index contributed by atoms with van der Waals surface area (Å²) in [7, 11) is 1.84. The number of piperazine rings is 1. The van der Waals surface area contributed by atoms with Crippen LogP contribution in [0.3, 0.4) is 0 Å². The van der Waals surface area contributed by atoms with Crippen LogP contribution < -0.4 is 10.2 Å². The number of carbonyl (C=O) groups excluding carboxylic acids is 2. The lowest BCUT2D eigenvalue weighted by Crippen LogP contribution is -2.55. The van der Waals surface area contributed by atoms with E-state index in [2.05, 4.69) is 15.4 Å². The van der Waals surface area contributed by atoms with Gasteiger partial charge in [0.05, 0.1) is 18.4 Å². The van der Waals surface area contributed by atoms with E-state index in [0.29, 0.717) is 32.0 Å². The molecular weight excluding hydrogens is 346 g/mol. The molecule has 0 unspecified atom stereocenters. The van der Waals surface area contributed by atoms with Gasteiger partial charge in [0, 0.05) is 52.4 Å². The quantitative estimate of drug-likeness (QED) is 0.580. The summed E-state index contributed by atoms with van der Waals surface area (Å²) in [5, 5.41) is 7.38. The Morgan fingerprint density at radius 3 is 2.63 bits per heavy atom. The van der Waals surface area contributed by atoms with E-state index in [4.69, 9.17) is 0 Å². The molecule has 0 bridgehead atoms. The summed E-state index contributed by atoms with van der Waals surface area (Å²) >= 11 is 0. The molecule has 2 aliphatic heterocycles. The van der Waals surface area contributed by atoms with Gasteiger partial charge in [0.1, 0.15) is 6.54 Å². The minimum Gasteiger partial charge on any atom is -0.357 e. The Labute approximate surface area is 160 Å². The number of carbonyl (C=O) groups is 2. The molecule has 0 aliphatic carbocycles. The van der Waals surface area contributed by atoms with Crippen LogP contribution in [-0.2, 0) is 16.6 Å². The number of hydrogen-bond acceptors (Lipinski definition) is 4. The van der Waals surface area contributed by atoms with Crippen molar-refractivity contribution in [2.45, 2.75) is 26.2 Å². The summed E-state index contributed by atoms with van der Waals surface area (Å²) in [4.78, 5) is 35.0. The lowest BCUT2D eigenvalue weighted by atomic mass is 10.3. The van der Waals surface area contributed by atoms with Gasteiger partial charge in [-0.05, 0) is 19.8 Å². The molecular formula is C18H29N7O2. The molecule has 1 N–H and O–H groups in total. The molecule has 2 amide bonds. The highest BCUT2D eigenvalue weighted by molar-refractivity contribution is 5.98. The zero-order valence-corrected chi connectivity index (χ0v) is 16.2. The molecule has 3 rings (SSSR count). The van der Waals surface area contributed by atoms with Crippen molar-refractivity contribution in [3.8, 4) is 0 Å². The third kappa shape index (κ3) is 4.78. The Morgan fingerprint density at radius 1 is 1.22 bits per heavy atom. The number of anilines is 1. The van der Waals surface area contributed by atoms with Crippen LogP contribution in [0.25, 0.3) is 0 Å². The molecule has 2 fully saturated rings. The minimum absolute atomic E-state index is 0.0213. The molecule has 0 atom stereocenters. The summed E-state index contributed by atoms with van der Waals surface area (Å²) in [5.74, 6) is 0.892. The lowest BCUT2D eigenvalue weighted by molar-refractivity contribution is -0.129. The number of aliphatic imine (C=N–C) groups is 1. The highest BCUT2D eigenvalue weighted by Crippen LogP contribution is 2.16. The van der Waals surface area contributed by atoms with Crippen molar-refractivity contribution < 1.29 is 9.59 Å². The maximum atomic E-state index is 12.6. The molecule has 9 nitrogen and oxygen atoms in total. The zero-order chi connectivity index (χ0) is 19.2. The maximum Gasteiger partial charge on any atom is 0.246 e. The fraction of sp³-hybridized carbons (Fsp3) is 0.667. The fourth-order valence-corrected chi connectivity index (χ4v) is 3.48. The van der Waals surface area contributed by atoms with E-state index in [-0.39, 0.29) is 18.4 Å². The average Bonchev–Trinajstić information content (AvgIpc) is 3.32. The minimum atomic E-state index is 0.0213. The summed E-state index contributed by atoms with van der Waals surface area (Å²) in [5.41, 5.74) is 0.820. The fourth-order valence-electron chi connectivity index (χ4n) is 3.48. The van der Waals surface area contributed by atoms with E-state index in [0.717, 1.165) is 38.2 Å². The van der Waals surface area contributed by atoms with Crippen molar-refractivity contribution in [3.05, 3.63) is 12.4 Å². The number of guanidine groups is 1. The zero-order valence-electron chi connectivity index (χ0n) is 16.2. The van der Waals surface area contributed by atoms with Gasteiger partial charge in [0.2, 0.25) is 11.8 Å². The Balaban J connectivity index is 1.56. The number of nitrogens with one attached hydrogen (secondary N) is 1. The van der Waals surface area contributed by atoms with E-state index >= 15 is 0 Å². The Kier molecular flexibility index (Phi) is 6.31. The molecule has 0 radical (unpaired) electrons. The second-order valence-corrected chi connectivity index (χ2v) is 6.91. The van der Waals surface area contributed by atoms with Crippen molar-refractivity contribution in [2.75, 3.05) is 50.7 Å². The van der Waals surface area contributed by atoms with Gasteiger partial charge in [-0.3, -0.25) is 19.3 Å². The number of aromatic nitrogens is 2. The molecule has 2 saturated heterocycles. The number of likely N-dealkylation sites (tertiary alicyclic amines) is 1. The van der Waals surface area contributed by atoms with Gasteiger partial charge in [-0.15, -0.1) is 0 Å². The van der Waals surface area contributed by atoms with Gasteiger partial charge in [-0.1, -0.05) is 0 Å². The maximum absolute atomic E-state index is 12.6. The second kappa shape index (κ2) is 8.88. The first-order chi connectivity index (χ1) is 13.1. The Morgan fingerprint density at radius 2 is 2.00 bits per heavy atom. The van der Waals surface area contributed by atoms with E-state index in [1.807, 2.05) is 30.0 Å². The van der Waals surface area contributed by atoms with Crippen molar-refractivity contribution >= 4 is 23.5 Å². The first-order valence-corrected chi connectivity index (χ1v) is 9.68. The van der Waals surface area contributed by atoms with Crippen LogP contribution in [0.4, 0.5) is 5.69 Å². The predicted molar refractivity (Wildman–Crippen MR) is 104 cm³/mol. The van der Waals surface area contributed by atoms with E-state index in [9.17, 15) is 9.59 Å². The van der Waals surface area contributed by atoms with Crippen molar-refractivity contribution in [1.82, 2.24) is 24.9 Å². The topological polar surface area (TPSA) is 86.1 Å². The summed E-state index contributed by atoms with van der Waals surface area (Å²) in [6, 6.07) is 0. The van der Waals surface area contributed by atoms with Gasteiger partial charge in [0.15, 0.2) is 5.96 Å². The van der Waals surface area contributed by atoms with Gasteiger partial charge in [-0.25, -0.2) is 0 Å². The summed E-state index contributed by atoms with van der Waals surface area (Å²) in [6.45, 7) is 6.43. The van der Waals surface area contributed by atoms with Crippen LogP contribution in [0.15, 0.2) is 17.4 Å². The molecule has 148 valence electrons. The van der Waals surface area contributed by atoms with Gasteiger partial charge < -0.3 is 20.0 Å². The van der Waals surface area contributed by atoms with Crippen LogP contribution >= 0.6 is 0 Å². The SMILES string of the molecule is CCNC(=NCCC(=O)N1CCCC1)N1CCN(c2cnn(C)c2)C(=O)C1. The third-order valence-corrected chi connectivity index (χ3v) is 4.90. The van der Waals surface area contributed by atoms with Crippen LogP contribution in [0.2, 0.25) is 0 Å². The van der Waals surface area contributed by atoms with Crippen molar-refractivity contribution in [1.29, 1.82) is 0 Å². The predicted octanol–water partition coefficient (Wildman–Crippen LogP) is 0.0467. The van der Waals surface area contributed by atoms with E-state index in [1.165, 1.54) is 0 Å². The van der Waals surface area contributed by atoms with Crippen molar-refractivity contribution in [3.63, 3.8) is 0 Å². The van der Waals surface area contributed by atoms with Crippen LogP contribution in [-0.4, -0.2) is 83.2 Å². The van der Waals surface area contributed by atoms with Crippen molar-refractivity contribution in [2.24, 2.45) is 12.0 Å². The van der Waals surface area contributed by atoms with Gasteiger partial charge in [0.25, 0.3) is 0 Å². The van der Waals surface area contributed by atoms with E-state index in [1.54, 1.807) is 15.8 Å². The van der Waals surface area contributed by atoms with E-state index < -0.39 is 0 Å². The molecule has 27 heavy (non-hydrogen) atoms. The van der Waals surface area contributed by atoms with Crippen LogP contribution in [0.1, 0.15) is 26.2 Å². The molecule has 9 heteroatoms. The normalized spacial score (nSPS) is 18.4. The first kappa shape index (κ1) is 19.2. The molecule has 2 aliphatic rings. The molecule has 0 saturated carbocycles. The highest BCUT2D eigenvalue weighted by atomic mass is 16.2. The summed E-state index contributed by atoms with van der Waals surface area (Å²) < 4.78 is 1.69. The number of rotatable bonds is 5. The van der Waals surface area contributed by atoms with Gasteiger partial charge in [-0.2, -0.15) is 5.10 Å².